The number of fused-ring (bicyclic) bond motifs is 6. The van der Waals surface area contributed by atoms with E-state index in [0.29, 0.717) is 65.7 Å². The molecule has 12 radical (unpaired) electrons. The van der Waals surface area contributed by atoms with Gasteiger partial charge in [0.25, 0.3) is 0 Å². The molecule has 0 saturated carbocycles. The quantitative estimate of drug-likeness (QED) is 0.271. The van der Waals surface area contributed by atoms with Crippen molar-refractivity contribution in [2.24, 2.45) is 0 Å². The summed E-state index contributed by atoms with van der Waals surface area (Å²) >= 11 is 0. The summed E-state index contributed by atoms with van der Waals surface area (Å²) in [7, 11) is 39.2. The smallest absolute Gasteiger partial charge is 0.455 e. The van der Waals surface area contributed by atoms with Crippen molar-refractivity contribution in [2.75, 3.05) is 0 Å². The van der Waals surface area contributed by atoms with Crippen molar-refractivity contribution in [1.29, 1.82) is 0 Å². The highest BCUT2D eigenvalue weighted by Gasteiger charge is 2.51. The van der Waals surface area contributed by atoms with Crippen LogP contribution in [-0.2, 0) is 9.31 Å². The number of nitrogens with zero attached hydrogens (tertiary/aromatic N) is 1. The minimum Gasteiger partial charge on any atom is -0.455 e. The molecule has 11 heteroatoms. The van der Waals surface area contributed by atoms with Crippen LogP contribution in [-0.4, -0.2) is 70.0 Å². The molecule has 0 bridgehead atoms. The topological polar surface area (TPSA) is 36.5 Å². The predicted octanol–water partition coefficient (Wildman–Crippen LogP) is 3.08. The first kappa shape index (κ1) is 34.1. The van der Waals surface area contributed by atoms with Gasteiger partial charge in [-0.05, 0) is 84.9 Å². The molecule has 1 saturated heterocycles. The Morgan fingerprint density at radius 1 is 0.547 bits per heavy atom. The SMILES string of the molecule is [B]c1cc([B])c2c(c1[B])c1c([B])c([B])cc([B])c1n2-c1cc(-c2cccc(-c3ccccc3)c2)c2oc3cc(B4OC(C)(C)C(C)(C)O4)ccc3c2c1. The van der Waals surface area contributed by atoms with Crippen LogP contribution in [0.5, 0.6) is 0 Å². The van der Waals surface area contributed by atoms with E-state index >= 15 is 0 Å². The second kappa shape index (κ2) is 11.9. The molecule has 0 aliphatic carbocycles. The van der Waals surface area contributed by atoms with Gasteiger partial charge >= 0.3 is 7.12 Å². The van der Waals surface area contributed by atoms with Crippen LogP contribution >= 0.6 is 0 Å². The van der Waals surface area contributed by atoms with Gasteiger partial charge < -0.3 is 18.3 Å². The standard InChI is InChI=1S/C42H28B7NO3/c1-41(2)42(3,4)53-49(52-41)24-13-14-26-28-18-25(50-38-31(45)19-29(43)36(47)34(38)35-37(48)30(44)20-32(46)39(35)50)17-27(40(28)51-33(26)16-24)23-12-8-11-22(15-23)21-9-6-5-7-10-21/h5-20H,1-4H3. The second-order valence-electron chi connectivity index (χ2n) is 15.0. The highest BCUT2D eigenvalue weighted by atomic mass is 16.7. The molecule has 0 atom stereocenters. The van der Waals surface area contributed by atoms with E-state index in [1.807, 2.05) is 62.6 Å². The number of rotatable bonds is 4. The van der Waals surface area contributed by atoms with Crippen molar-refractivity contribution < 1.29 is 13.7 Å². The summed E-state index contributed by atoms with van der Waals surface area (Å²) in [6, 6.07) is 32.3. The maximum Gasteiger partial charge on any atom is 0.494 e. The number of benzene rings is 6. The lowest BCUT2D eigenvalue weighted by atomic mass is 9.71. The Balaban J connectivity index is 1.36. The third-order valence-corrected chi connectivity index (χ3v) is 11.1. The van der Waals surface area contributed by atoms with Gasteiger partial charge in [-0.3, -0.25) is 0 Å². The fourth-order valence-corrected chi connectivity index (χ4v) is 7.66. The highest BCUT2D eigenvalue weighted by Crippen LogP contribution is 2.41. The van der Waals surface area contributed by atoms with Crippen LogP contribution in [0.2, 0.25) is 0 Å². The lowest BCUT2D eigenvalue weighted by Gasteiger charge is -2.32. The predicted molar refractivity (Wildman–Crippen MR) is 227 cm³/mol. The first-order valence-corrected chi connectivity index (χ1v) is 17.5. The van der Waals surface area contributed by atoms with Gasteiger partial charge in [0.2, 0.25) is 0 Å². The van der Waals surface area contributed by atoms with E-state index in [0.717, 1.165) is 44.2 Å². The van der Waals surface area contributed by atoms with Crippen LogP contribution in [0.3, 0.4) is 0 Å². The summed E-state index contributed by atoms with van der Waals surface area (Å²) in [6.45, 7) is 8.18. The maximum atomic E-state index is 6.81. The summed E-state index contributed by atoms with van der Waals surface area (Å²) in [6.07, 6.45) is 0. The molecular weight excluding hydrogens is 642 g/mol. The fraction of sp³-hybridized carbons (Fsp3) is 0.143. The summed E-state index contributed by atoms with van der Waals surface area (Å²) in [5.74, 6) is 0. The Labute approximate surface area is 317 Å². The first-order chi connectivity index (χ1) is 25.2. The van der Waals surface area contributed by atoms with Crippen LogP contribution in [0, 0.1) is 0 Å². The molecule has 1 aliphatic rings. The van der Waals surface area contributed by atoms with Gasteiger partial charge in [0.1, 0.15) is 58.2 Å². The molecule has 0 N–H and O–H groups in total. The van der Waals surface area contributed by atoms with E-state index < -0.39 is 18.3 Å². The van der Waals surface area contributed by atoms with Gasteiger partial charge in [0, 0.05) is 33.1 Å². The Kier molecular flexibility index (Phi) is 7.65. The van der Waals surface area contributed by atoms with E-state index in [4.69, 9.17) is 60.8 Å². The van der Waals surface area contributed by atoms with Crippen molar-refractivity contribution in [3.05, 3.63) is 97.1 Å². The molecule has 6 aromatic carbocycles. The molecule has 9 rings (SSSR count). The van der Waals surface area contributed by atoms with Gasteiger partial charge in [-0.2, -0.15) is 0 Å². The lowest BCUT2D eigenvalue weighted by molar-refractivity contribution is 0.00578. The molecule has 1 fully saturated rings. The summed E-state index contributed by atoms with van der Waals surface area (Å²) < 4.78 is 21.6. The third-order valence-electron chi connectivity index (χ3n) is 11.1. The normalized spacial score (nSPS) is 15.4. The van der Waals surface area contributed by atoms with Gasteiger partial charge in [0.15, 0.2) is 0 Å². The molecule has 240 valence electrons. The monoisotopic (exact) mass is 671 g/mol. The van der Waals surface area contributed by atoms with E-state index in [1.165, 1.54) is 0 Å². The molecule has 8 aromatic rings. The van der Waals surface area contributed by atoms with Crippen molar-refractivity contribution in [3.8, 4) is 27.9 Å². The summed E-state index contributed by atoms with van der Waals surface area (Å²) in [5.41, 5.74) is 9.49. The van der Waals surface area contributed by atoms with E-state index in [2.05, 4.69) is 54.6 Å². The lowest BCUT2D eigenvalue weighted by Crippen LogP contribution is -2.41. The molecule has 53 heavy (non-hydrogen) atoms. The number of aromatic nitrogens is 1. The molecule has 3 heterocycles. The molecule has 0 amide bonds. The zero-order chi connectivity index (χ0) is 37.1. The Hall–Kier alpha value is -4.71. The number of hydrogen-bond donors (Lipinski definition) is 0. The molecule has 0 spiro atoms. The fourth-order valence-electron chi connectivity index (χ4n) is 7.66. The van der Waals surface area contributed by atoms with Crippen molar-refractivity contribution >= 4 is 136 Å². The maximum absolute atomic E-state index is 6.81. The Morgan fingerprint density at radius 3 is 1.75 bits per heavy atom. The van der Waals surface area contributed by atoms with Crippen LogP contribution in [0.4, 0.5) is 0 Å². The van der Waals surface area contributed by atoms with E-state index in [-0.39, 0.29) is 0 Å². The van der Waals surface area contributed by atoms with Crippen LogP contribution in [0.1, 0.15) is 27.7 Å². The number of furan rings is 1. The van der Waals surface area contributed by atoms with E-state index in [9.17, 15) is 0 Å². The average molecular weight is 670 g/mol. The van der Waals surface area contributed by atoms with Crippen LogP contribution < -0.4 is 38.2 Å². The van der Waals surface area contributed by atoms with Crippen LogP contribution in [0.25, 0.3) is 71.7 Å². The summed E-state index contributed by atoms with van der Waals surface area (Å²) in [5, 5.41) is 2.98. The zero-order valence-electron chi connectivity index (χ0n) is 30.0. The minimum atomic E-state index is -0.547. The molecule has 2 aromatic heterocycles. The third kappa shape index (κ3) is 5.15. The Bertz CT molecular complexity index is 2740. The van der Waals surface area contributed by atoms with Crippen molar-refractivity contribution in [3.63, 3.8) is 0 Å². The van der Waals surface area contributed by atoms with Crippen molar-refractivity contribution in [2.45, 2.75) is 38.9 Å². The highest BCUT2D eigenvalue weighted by molar-refractivity contribution is 6.63. The van der Waals surface area contributed by atoms with Crippen LogP contribution in [0.15, 0.2) is 101 Å². The molecule has 4 nitrogen and oxygen atoms in total. The summed E-state index contributed by atoms with van der Waals surface area (Å²) in [4.78, 5) is 0. The van der Waals surface area contributed by atoms with Gasteiger partial charge in [0.05, 0.1) is 11.2 Å². The molecular formula is C42H28B7NO3. The van der Waals surface area contributed by atoms with E-state index in [1.54, 1.807) is 12.1 Å². The second-order valence-corrected chi connectivity index (χ2v) is 15.0. The number of hydrogen-bond acceptors (Lipinski definition) is 3. The average Bonchev–Trinajstić information content (AvgIpc) is 3.76. The Morgan fingerprint density at radius 2 is 1.13 bits per heavy atom. The largest absolute Gasteiger partial charge is 0.494 e. The first-order valence-electron chi connectivity index (χ1n) is 17.5. The molecule has 1 aliphatic heterocycles. The van der Waals surface area contributed by atoms with Gasteiger partial charge in [-0.15, -0.1) is 10.9 Å². The molecule has 0 unspecified atom stereocenters. The van der Waals surface area contributed by atoms with Crippen molar-refractivity contribution in [1.82, 2.24) is 4.57 Å². The van der Waals surface area contributed by atoms with Gasteiger partial charge in [-0.25, -0.2) is 0 Å². The van der Waals surface area contributed by atoms with Gasteiger partial charge in [-0.1, -0.05) is 94.6 Å². The minimum absolute atomic E-state index is 0.335. The zero-order valence-corrected chi connectivity index (χ0v) is 30.0.